The summed E-state index contributed by atoms with van der Waals surface area (Å²) in [6.07, 6.45) is 1.42. The Labute approximate surface area is 191 Å². The highest BCUT2D eigenvalue weighted by Gasteiger charge is 2.21. The van der Waals surface area contributed by atoms with Gasteiger partial charge in [-0.15, -0.1) is 5.10 Å². The molecule has 2 heterocycles. The topological polar surface area (TPSA) is 95.1 Å². The van der Waals surface area contributed by atoms with E-state index in [-0.39, 0.29) is 29.8 Å². The maximum Gasteiger partial charge on any atom is 0.280 e. The van der Waals surface area contributed by atoms with Crippen LogP contribution in [0.25, 0.3) is 0 Å². The Bertz CT molecular complexity index is 1260. The SMILES string of the molecule is Cc1onc(C(=O)Nc2ncn(Cc3ccc(F)cc3Cl)n2)c1COc1ccc(Cl)cc1. The third-order valence-corrected chi connectivity index (χ3v) is 5.11. The van der Waals surface area contributed by atoms with Gasteiger partial charge >= 0.3 is 0 Å². The van der Waals surface area contributed by atoms with Gasteiger partial charge < -0.3 is 9.26 Å². The summed E-state index contributed by atoms with van der Waals surface area (Å²) >= 11 is 11.9. The van der Waals surface area contributed by atoms with E-state index in [1.165, 1.54) is 23.1 Å². The highest BCUT2D eigenvalue weighted by molar-refractivity contribution is 6.31. The fourth-order valence-corrected chi connectivity index (χ4v) is 3.19. The number of rotatable bonds is 7. The molecule has 164 valence electrons. The maximum absolute atomic E-state index is 13.2. The second-order valence-electron chi connectivity index (χ2n) is 6.76. The van der Waals surface area contributed by atoms with Crippen LogP contribution in [0.1, 0.15) is 27.4 Å². The van der Waals surface area contributed by atoms with Gasteiger partial charge in [-0.1, -0.05) is 34.4 Å². The van der Waals surface area contributed by atoms with E-state index in [9.17, 15) is 9.18 Å². The standard InChI is InChI=1S/C21H16Cl2FN5O3/c1-12-17(10-31-16-6-3-14(22)4-7-16)19(28-32-12)20(30)26-21-25-11-29(27-21)9-13-2-5-15(24)8-18(13)23/h2-8,11H,9-10H2,1H3,(H,26,27,30). The Morgan fingerprint density at radius 2 is 2.00 bits per heavy atom. The zero-order valence-electron chi connectivity index (χ0n) is 16.7. The van der Waals surface area contributed by atoms with Gasteiger partial charge in [0, 0.05) is 10.0 Å². The number of benzene rings is 2. The fraction of sp³-hybridized carbons (Fsp3) is 0.143. The minimum Gasteiger partial charge on any atom is -0.489 e. The molecule has 4 rings (SSSR count). The van der Waals surface area contributed by atoms with Crippen molar-refractivity contribution in [3.05, 3.63) is 87.2 Å². The number of ether oxygens (including phenoxy) is 1. The Morgan fingerprint density at radius 3 is 2.75 bits per heavy atom. The molecule has 11 heteroatoms. The van der Waals surface area contributed by atoms with Crippen LogP contribution in [-0.2, 0) is 13.2 Å². The van der Waals surface area contributed by atoms with E-state index in [0.29, 0.717) is 27.7 Å². The normalized spacial score (nSPS) is 10.9. The molecule has 0 aliphatic heterocycles. The molecule has 0 saturated heterocycles. The molecule has 1 N–H and O–H groups in total. The van der Waals surface area contributed by atoms with Crippen LogP contribution in [0.2, 0.25) is 10.0 Å². The van der Waals surface area contributed by atoms with Gasteiger partial charge in [-0.05, 0) is 48.9 Å². The Hall–Kier alpha value is -3.43. The third-order valence-electron chi connectivity index (χ3n) is 4.51. The Morgan fingerprint density at radius 1 is 1.22 bits per heavy atom. The number of hydrogen-bond donors (Lipinski definition) is 1. The highest BCUT2D eigenvalue weighted by Crippen LogP contribution is 2.21. The van der Waals surface area contributed by atoms with E-state index in [4.69, 9.17) is 32.5 Å². The summed E-state index contributed by atoms with van der Waals surface area (Å²) < 4.78 is 25.5. The summed E-state index contributed by atoms with van der Waals surface area (Å²) in [4.78, 5) is 16.8. The van der Waals surface area contributed by atoms with Crippen LogP contribution in [0.5, 0.6) is 5.75 Å². The number of aromatic nitrogens is 4. The molecular formula is C21H16Cl2FN5O3. The quantitative estimate of drug-likeness (QED) is 0.408. The van der Waals surface area contributed by atoms with E-state index < -0.39 is 11.7 Å². The molecule has 0 unspecified atom stereocenters. The van der Waals surface area contributed by atoms with E-state index in [2.05, 4.69) is 20.6 Å². The van der Waals surface area contributed by atoms with Crippen molar-refractivity contribution in [2.24, 2.45) is 0 Å². The minimum atomic E-state index is -0.547. The van der Waals surface area contributed by atoms with Gasteiger partial charge in [0.15, 0.2) is 5.69 Å². The average molecular weight is 476 g/mol. The van der Waals surface area contributed by atoms with Gasteiger partial charge in [0.2, 0.25) is 5.95 Å². The number of hydrogen-bond acceptors (Lipinski definition) is 6. The summed E-state index contributed by atoms with van der Waals surface area (Å²) in [7, 11) is 0. The molecule has 2 aromatic carbocycles. The molecule has 0 spiro atoms. The van der Waals surface area contributed by atoms with Gasteiger partial charge in [0.25, 0.3) is 5.91 Å². The van der Waals surface area contributed by atoms with E-state index in [1.807, 2.05) is 0 Å². The highest BCUT2D eigenvalue weighted by atomic mass is 35.5. The zero-order valence-corrected chi connectivity index (χ0v) is 18.2. The number of halogens is 3. The summed E-state index contributed by atoms with van der Waals surface area (Å²) in [6.45, 7) is 2.01. The maximum atomic E-state index is 13.2. The molecular weight excluding hydrogens is 460 g/mol. The molecule has 0 atom stereocenters. The van der Waals surface area contributed by atoms with Crippen LogP contribution in [-0.4, -0.2) is 25.8 Å². The van der Waals surface area contributed by atoms with E-state index >= 15 is 0 Å². The predicted molar refractivity (Wildman–Crippen MR) is 116 cm³/mol. The molecule has 32 heavy (non-hydrogen) atoms. The lowest BCUT2D eigenvalue weighted by Gasteiger charge is -2.06. The van der Waals surface area contributed by atoms with Crippen LogP contribution in [0, 0.1) is 12.7 Å². The lowest BCUT2D eigenvalue weighted by molar-refractivity contribution is 0.101. The predicted octanol–water partition coefficient (Wildman–Crippen LogP) is 4.90. The number of carbonyl (C=O) groups is 1. The van der Waals surface area contributed by atoms with Crippen LogP contribution in [0.15, 0.2) is 53.3 Å². The number of nitrogens with zero attached hydrogens (tertiary/aromatic N) is 4. The largest absolute Gasteiger partial charge is 0.489 e. The number of nitrogens with one attached hydrogen (secondary N) is 1. The Balaban J connectivity index is 1.42. The minimum absolute atomic E-state index is 0.0643. The van der Waals surface area contributed by atoms with Gasteiger partial charge in [-0.3, -0.25) is 10.1 Å². The van der Waals surface area contributed by atoms with Crippen LogP contribution in [0.3, 0.4) is 0 Å². The zero-order chi connectivity index (χ0) is 22.7. The van der Waals surface area contributed by atoms with Gasteiger partial charge in [-0.2, -0.15) is 0 Å². The third kappa shape index (κ3) is 5.06. The monoisotopic (exact) mass is 475 g/mol. The molecule has 0 saturated carbocycles. The lowest BCUT2D eigenvalue weighted by Crippen LogP contribution is -2.16. The van der Waals surface area contributed by atoms with Crippen molar-refractivity contribution in [2.75, 3.05) is 5.32 Å². The number of anilines is 1. The van der Waals surface area contributed by atoms with Crippen molar-refractivity contribution in [1.82, 2.24) is 19.9 Å². The molecule has 0 fully saturated rings. The molecule has 0 aliphatic rings. The van der Waals surface area contributed by atoms with Crippen LogP contribution in [0.4, 0.5) is 10.3 Å². The van der Waals surface area contributed by atoms with E-state index in [0.717, 1.165) is 0 Å². The first-order valence-corrected chi connectivity index (χ1v) is 10.1. The van der Waals surface area contributed by atoms with Crippen molar-refractivity contribution in [2.45, 2.75) is 20.1 Å². The van der Waals surface area contributed by atoms with Gasteiger partial charge in [-0.25, -0.2) is 14.1 Å². The second-order valence-corrected chi connectivity index (χ2v) is 7.61. The van der Waals surface area contributed by atoms with Crippen molar-refractivity contribution in [3.63, 3.8) is 0 Å². The molecule has 4 aromatic rings. The molecule has 1 amide bonds. The first kappa shape index (κ1) is 21.8. The van der Waals surface area contributed by atoms with Crippen LogP contribution < -0.4 is 10.1 Å². The summed E-state index contributed by atoms with van der Waals surface area (Å²) in [5, 5.41) is 11.5. The Kier molecular flexibility index (Phi) is 6.38. The van der Waals surface area contributed by atoms with Crippen molar-refractivity contribution < 1.29 is 18.4 Å². The molecule has 8 nitrogen and oxygen atoms in total. The summed E-state index contributed by atoms with van der Waals surface area (Å²) in [5.74, 6) is 0.131. The number of amides is 1. The summed E-state index contributed by atoms with van der Waals surface area (Å²) in [6, 6.07) is 10.9. The smallest absolute Gasteiger partial charge is 0.280 e. The fourth-order valence-electron chi connectivity index (χ4n) is 2.84. The van der Waals surface area contributed by atoms with Crippen molar-refractivity contribution >= 4 is 35.1 Å². The lowest BCUT2D eigenvalue weighted by atomic mass is 10.2. The first-order valence-electron chi connectivity index (χ1n) is 9.37. The van der Waals surface area contributed by atoms with Gasteiger partial charge in [0.05, 0.1) is 12.1 Å². The first-order chi connectivity index (χ1) is 15.4. The molecule has 2 aromatic heterocycles. The van der Waals surface area contributed by atoms with Crippen LogP contribution >= 0.6 is 23.2 Å². The number of carbonyl (C=O) groups excluding carboxylic acids is 1. The molecule has 0 aliphatic carbocycles. The van der Waals surface area contributed by atoms with Crippen molar-refractivity contribution in [1.29, 1.82) is 0 Å². The van der Waals surface area contributed by atoms with Gasteiger partial charge in [0.1, 0.15) is 30.3 Å². The molecule has 0 radical (unpaired) electrons. The molecule has 0 bridgehead atoms. The van der Waals surface area contributed by atoms with E-state index in [1.54, 1.807) is 37.3 Å². The van der Waals surface area contributed by atoms with Crippen molar-refractivity contribution in [3.8, 4) is 5.75 Å². The number of aryl methyl sites for hydroxylation is 1. The summed E-state index contributed by atoms with van der Waals surface area (Å²) in [5.41, 5.74) is 1.22. The second kappa shape index (κ2) is 9.37. The average Bonchev–Trinajstić information content (AvgIpc) is 3.36.